The van der Waals surface area contributed by atoms with E-state index in [9.17, 15) is 9.70 Å². The molecule has 0 radical (unpaired) electrons. The molecule has 0 saturated carbocycles. The molecule has 4 nitrogen and oxygen atoms in total. The van der Waals surface area contributed by atoms with E-state index in [1.54, 1.807) is 24.4 Å². The summed E-state index contributed by atoms with van der Waals surface area (Å²) in [6.45, 7) is 0. The molecular weight excluding hydrogens is 180 g/mol. The number of benzene rings is 1. The van der Waals surface area contributed by atoms with Gasteiger partial charge in [-0.15, -0.1) is 4.91 Å². The highest BCUT2D eigenvalue weighted by molar-refractivity contribution is 5.98. The molecule has 0 aliphatic rings. The second-order valence-electron chi connectivity index (χ2n) is 2.81. The minimum Gasteiger partial charge on any atom is -0.263 e. The van der Waals surface area contributed by atoms with Gasteiger partial charge in [-0.3, -0.25) is 9.78 Å². The van der Waals surface area contributed by atoms with Crippen LogP contribution in [0, 0.1) is 4.91 Å². The number of rotatable bonds is 1. The summed E-state index contributed by atoms with van der Waals surface area (Å²) < 4.78 is 0. The molecule has 0 saturated heterocycles. The molecule has 1 aromatic heterocycles. The van der Waals surface area contributed by atoms with Crippen molar-refractivity contribution in [3.63, 3.8) is 0 Å². The van der Waals surface area contributed by atoms with Gasteiger partial charge in [-0.2, -0.15) is 0 Å². The Bertz CT molecular complexity index is 508. The molecule has 4 heteroatoms. The van der Waals surface area contributed by atoms with Gasteiger partial charge in [0.05, 0.1) is 5.52 Å². The molecule has 0 aliphatic carbocycles. The van der Waals surface area contributed by atoms with Gasteiger partial charge in [0.2, 0.25) is 0 Å². The number of nitroso groups, excluding NO2 is 1. The Morgan fingerprint density at radius 2 is 2.14 bits per heavy atom. The zero-order chi connectivity index (χ0) is 9.97. The number of carbonyl (C=O) groups is 1. The van der Waals surface area contributed by atoms with Crippen LogP contribution in [0.2, 0.25) is 0 Å². The standard InChI is InChI=1S/C10H6N2O2/c13-10(12-14)8-4-3-7-2-1-5-11-9(7)6-8/h1-6H. The van der Waals surface area contributed by atoms with E-state index in [0.717, 1.165) is 5.39 Å². The van der Waals surface area contributed by atoms with Crippen LogP contribution in [0.1, 0.15) is 10.4 Å². The van der Waals surface area contributed by atoms with Gasteiger partial charge in [0.25, 0.3) is 0 Å². The van der Waals surface area contributed by atoms with Crippen LogP contribution in [0.5, 0.6) is 0 Å². The van der Waals surface area contributed by atoms with E-state index >= 15 is 0 Å². The Labute approximate surface area is 79.6 Å². The van der Waals surface area contributed by atoms with Crippen molar-refractivity contribution in [2.75, 3.05) is 0 Å². The van der Waals surface area contributed by atoms with Crippen molar-refractivity contribution >= 4 is 16.8 Å². The molecule has 2 aromatic rings. The quantitative estimate of drug-likeness (QED) is 0.641. The number of hydrogen-bond acceptors (Lipinski definition) is 3. The first-order valence-electron chi connectivity index (χ1n) is 4.04. The van der Waals surface area contributed by atoms with E-state index in [0.29, 0.717) is 5.52 Å². The zero-order valence-electron chi connectivity index (χ0n) is 7.18. The fraction of sp³-hybridized carbons (Fsp3) is 0. The van der Waals surface area contributed by atoms with Crippen LogP contribution in [-0.2, 0) is 0 Å². The molecule has 0 spiro atoms. The van der Waals surface area contributed by atoms with Crippen LogP contribution in [0.3, 0.4) is 0 Å². The molecule has 0 fully saturated rings. The molecule has 0 aliphatic heterocycles. The summed E-state index contributed by atoms with van der Waals surface area (Å²) >= 11 is 0. The fourth-order valence-corrected chi connectivity index (χ4v) is 1.25. The highest BCUT2D eigenvalue weighted by Crippen LogP contribution is 2.13. The lowest BCUT2D eigenvalue weighted by atomic mass is 10.1. The average molecular weight is 186 g/mol. The minimum atomic E-state index is -0.766. The van der Waals surface area contributed by atoms with Crippen molar-refractivity contribution in [1.29, 1.82) is 0 Å². The maximum atomic E-state index is 11.0. The number of pyridine rings is 1. The van der Waals surface area contributed by atoms with Gasteiger partial charge in [-0.1, -0.05) is 12.1 Å². The number of fused-ring (bicyclic) bond motifs is 1. The average Bonchev–Trinajstić information content (AvgIpc) is 2.27. The first kappa shape index (κ1) is 8.50. The number of nitrogens with zero attached hydrogens (tertiary/aromatic N) is 2. The summed E-state index contributed by atoms with van der Waals surface area (Å²) in [5, 5.41) is 3.27. The Kier molecular flexibility index (Phi) is 2.02. The van der Waals surface area contributed by atoms with Gasteiger partial charge in [-0.25, -0.2) is 0 Å². The number of carbonyl (C=O) groups excluding carboxylic acids is 1. The fourth-order valence-electron chi connectivity index (χ4n) is 1.25. The maximum absolute atomic E-state index is 11.0. The lowest BCUT2D eigenvalue weighted by Gasteiger charge is -1.97. The highest BCUT2D eigenvalue weighted by Gasteiger charge is 2.05. The van der Waals surface area contributed by atoms with Crippen LogP contribution in [-0.4, -0.2) is 10.9 Å². The molecule has 1 aromatic carbocycles. The van der Waals surface area contributed by atoms with Crippen molar-refractivity contribution in [1.82, 2.24) is 4.98 Å². The molecule has 0 N–H and O–H groups in total. The normalized spacial score (nSPS) is 10.0. The molecular formula is C10H6N2O2. The minimum absolute atomic E-state index is 0.270. The third-order valence-electron chi connectivity index (χ3n) is 1.94. The van der Waals surface area contributed by atoms with Gasteiger partial charge >= 0.3 is 5.91 Å². The third-order valence-corrected chi connectivity index (χ3v) is 1.94. The Morgan fingerprint density at radius 1 is 1.29 bits per heavy atom. The molecule has 2 rings (SSSR count). The van der Waals surface area contributed by atoms with Crippen molar-refractivity contribution < 1.29 is 4.79 Å². The molecule has 0 atom stereocenters. The number of aromatic nitrogens is 1. The summed E-state index contributed by atoms with van der Waals surface area (Å²) in [5.41, 5.74) is 0.952. The predicted octanol–water partition coefficient (Wildman–Crippen LogP) is 2.14. The van der Waals surface area contributed by atoms with Crippen LogP contribution in [0.4, 0.5) is 0 Å². The second kappa shape index (κ2) is 3.33. The second-order valence-corrected chi connectivity index (χ2v) is 2.81. The van der Waals surface area contributed by atoms with Crippen LogP contribution >= 0.6 is 0 Å². The molecule has 68 valence electrons. The van der Waals surface area contributed by atoms with E-state index in [-0.39, 0.29) is 5.56 Å². The Balaban J connectivity index is 2.62. The highest BCUT2D eigenvalue weighted by atomic mass is 16.3. The lowest BCUT2D eigenvalue weighted by molar-refractivity contribution is 0.100. The molecule has 0 bridgehead atoms. The van der Waals surface area contributed by atoms with Crippen molar-refractivity contribution in [2.24, 2.45) is 5.18 Å². The Hall–Kier alpha value is -2.10. The number of amides is 1. The van der Waals surface area contributed by atoms with Crippen molar-refractivity contribution in [3.05, 3.63) is 47.0 Å². The van der Waals surface area contributed by atoms with Gasteiger partial charge in [0.15, 0.2) is 0 Å². The van der Waals surface area contributed by atoms with Crippen LogP contribution in [0.25, 0.3) is 10.9 Å². The summed E-state index contributed by atoms with van der Waals surface area (Å²) in [6, 6.07) is 8.54. The van der Waals surface area contributed by atoms with Crippen LogP contribution in [0.15, 0.2) is 41.7 Å². The van der Waals surface area contributed by atoms with E-state index in [2.05, 4.69) is 10.2 Å². The van der Waals surface area contributed by atoms with Gasteiger partial charge in [0, 0.05) is 22.3 Å². The van der Waals surface area contributed by atoms with Gasteiger partial charge < -0.3 is 0 Å². The van der Waals surface area contributed by atoms with E-state index in [1.807, 2.05) is 12.1 Å². The van der Waals surface area contributed by atoms with Crippen molar-refractivity contribution in [2.45, 2.75) is 0 Å². The van der Waals surface area contributed by atoms with Gasteiger partial charge in [-0.05, 0) is 18.2 Å². The predicted molar refractivity (Wildman–Crippen MR) is 51.9 cm³/mol. The van der Waals surface area contributed by atoms with E-state index in [4.69, 9.17) is 0 Å². The van der Waals surface area contributed by atoms with E-state index < -0.39 is 5.91 Å². The van der Waals surface area contributed by atoms with E-state index in [1.165, 1.54) is 0 Å². The van der Waals surface area contributed by atoms with Crippen molar-refractivity contribution in [3.8, 4) is 0 Å². The largest absolute Gasteiger partial charge is 0.316 e. The zero-order valence-corrected chi connectivity index (χ0v) is 7.18. The summed E-state index contributed by atoms with van der Waals surface area (Å²) in [6.07, 6.45) is 1.63. The van der Waals surface area contributed by atoms with Gasteiger partial charge in [0.1, 0.15) is 0 Å². The summed E-state index contributed by atoms with van der Waals surface area (Å²) in [7, 11) is 0. The smallest absolute Gasteiger partial charge is 0.263 e. The Morgan fingerprint density at radius 3 is 2.93 bits per heavy atom. The molecule has 0 unspecified atom stereocenters. The molecule has 14 heavy (non-hydrogen) atoms. The first-order valence-corrected chi connectivity index (χ1v) is 4.04. The first-order chi connectivity index (χ1) is 6.81. The SMILES string of the molecule is O=NC(=O)c1ccc2cccnc2c1. The monoisotopic (exact) mass is 186 g/mol. The third kappa shape index (κ3) is 1.37. The molecule has 1 heterocycles. The lowest BCUT2D eigenvalue weighted by Crippen LogP contribution is -1.93. The maximum Gasteiger partial charge on any atom is 0.316 e. The topological polar surface area (TPSA) is 59.4 Å². The number of hydrogen-bond donors (Lipinski definition) is 0. The molecule has 1 amide bonds. The summed E-state index contributed by atoms with van der Waals surface area (Å²) in [5.74, 6) is -0.766. The van der Waals surface area contributed by atoms with Crippen LogP contribution < -0.4 is 0 Å². The summed E-state index contributed by atoms with van der Waals surface area (Å²) in [4.78, 5) is 25.0.